The van der Waals surface area contributed by atoms with Crippen molar-refractivity contribution < 1.29 is 10.2 Å². The number of hydrogen-bond acceptors (Lipinski definition) is 3. The van der Waals surface area contributed by atoms with Crippen LogP contribution in [-0.4, -0.2) is 26.4 Å². The molecule has 0 radical (unpaired) electrons. The SMILES string of the molecule is OCC[C@@H](O)c1cn(C(c2ccccc2)(c2ccccc2)c2ccccc2)cn1. The van der Waals surface area contributed by atoms with Gasteiger partial charge in [-0.3, -0.25) is 0 Å². The van der Waals surface area contributed by atoms with E-state index in [1.165, 1.54) is 0 Å². The lowest BCUT2D eigenvalue weighted by atomic mass is 9.77. The first-order valence-corrected chi connectivity index (χ1v) is 9.76. The third-order valence-electron chi connectivity index (χ3n) is 5.31. The molecule has 0 fully saturated rings. The quantitative estimate of drug-likeness (QED) is 0.471. The largest absolute Gasteiger partial charge is 0.396 e. The molecule has 0 saturated carbocycles. The van der Waals surface area contributed by atoms with Gasteiger partial charge in [-0.2, -0.15) is 0 Å². The summed E-state index contributed by atoms with van der Waals surface area (Å²) in [5.41, 5.74) is 3.19. The Bertz CT molecular complexity index is 933. The van der Waals surface area contributed by atoms with E-state index in [0.717, 1.165) is 16.7 Å². The Balaban J connectivity index is 2.01. The minimum atomic E-state index is -0.804. The molecule has 29 heavy (non-hydrogen) atoms. The van der Waals surface area contributed by atoms with Gasteiger partial charge in [0.25, 0.3) is 0 Å². The third-order valence-corrected chi connectivity index (χ3v) is 5.31. The zero-order valence-corrected chi connectivity index (χ0v) is 16.1. The number of benzene rings is 3. The van der Waals surface area contributed by atoms with Crippen LogP contribution in [0.4, 0.5) is 0 Å². The maximum Gasteiger partial charge on any atom is 0.121 e. The molecule has 2 N–H and O–H groups in total. The summed E-state index contributed by atoms with van der Waals surface area (Å²) in [5, 5.41) is 19.6. The van der Waals surface area contributed by atoms with Gasteiger partial charge in [0.05, 0.1) is 18.1 Å². The van der Waals surface area contributed by atoms with Crippen LogP contribution in [0, 0.1) is 0 Å². The van der Waals surface area contributed by atoms with Gasteiger partial charge in [-0.15, -0.1) is 0 Å². The molecule has 146 valence electrons. The van der Waals surface area contributed by atoms with Gasteiger partial charge in [0.1, 0.15) is 5.54 Å². The van der Waals surface area contributed by atoms with Crippen molar-refractivity contribution in [1.29, 1.82) is 0 Å². The van der Waals surface area contributed by atoms with Crippen LogP contribution in [0.1, 0.15) is 34.9 Å². The molecule has 0 aliphatic rings. The molecule has 0 amide bonds. The van der Waals surface area contributed by atoms with Crippen LogP contribution >= 0.6 is 0 Å². The molecule has 4 aromatic rings. The van der Waals surface area contributed by atoms with E-state index >= 15 is 0 Å². The van der Waals surface area contributed by atoms with Gasteiger partial charge in [0.15, 0.2) is 0 Å². The Labute approximate surface area is 170 Å². The summed E-state index contributed by atoms with van der Waals surface area (Å²) in [5.74, 6) is 0. The predicted octanol–water partition coefficient (Wildman–Crippen LogP) is 4.14. The van der Waals surface area contributed by atoms with Crippen LogP contribution in [0.15, 0.2) is 104 Å². The van der Waals surface area contributed by atoms with Gasteiger partial charge >= 0.3 is 0 Å². The zero-order valence-electron chi connectivity index (χ0n) is 16.1. The summed E-state index contributed by atoms with van der Waals surface area (Å²) in [6.45, 7) is -0.0881. The van der Waals surface area contributed by atoms with E-state index in [1.807, 2.05) is 60.8 Å². The van der Waals surface area contributed by atoms with Crippen LogP contribution in [0.5, 0.6) is 0 Å². The molecule has 0 aliphatic heterocycles. The number of hydrogen-bond donors (Lipinski definition) is 2. The molecular formula is C25H24N2O2. The molecule has 1 aromatic heterocycles. The predicted molar refractivity (Wildman–Crippen MR) is 113 cm³/mol. The molecule has 0 saturated heterocycles. The number of aromatic nitrogens is 2. The summed E-state index contributed by atoms with van der Waals surface area (Å²) in [6.07, 6.45) is 3.10. The molecule has 1 atom stereocenters. The van der Waals surface area contributed by atoms with Crippen LogP contribution in [0.25, 0.3) is 0 Å². The first-order chi connectivity index (χ1) is 14.3. The van der Waals surface area contributed by atoms with Gasteiger partial charge in [0, 0.05) is 19.2 Å². The molecule has 0 bridgehead atoms. The molecule has 4 rings (SSSR count). The second kappa shape index (κ2) is 8.43. The third kappa shape index (κ3) is 3.48. The molecule has 4 nitrogen and oxygen atoms in total. The van der Waals surface area contributed by atoms with Gasteiger partial charge < -0.3 is 14.8 Å². The molecular weight excluding hydrogens is 360 g/mol. The lowest BCUT2D eigenvalue weighted by Gasteiger charge is -2.37. The summed E-state index contributed by atoms with van der Waals surface area (Å²) in [6, 6.07) is 30.9. The van der Waals surface area contributed by atoms with Crippen molar-refractivity contribution in [1.82, 2.24) is 9.55 Å². The summed E-state index contributed by atoms with van der Waals surface area (Å²) < 4.78 is 2.06. The Morgan fingerprint density at radius 1 is 0.759 bits per heavy atom. The molecule has 3 aromatic carbocycles. The van der Waals surface area contributed by atoms with E-state index in [-0.39, 0.29) is 13.0 Å². The number of rotatable bonds is 7. The summed E-state index contributed by atoms with van der Waals surface area (Å²) in [7, 11) is 0. The normalized spacial score (nSPS) is 12.6. The van der Waals surface area contributed by atoms with Crippen LogP contribution < -0.4 is 0 Å². The summed E-state index contributed by atoms with van der Waals surface area (Å²) in [4.78, 5) is 4.48. The van der Waals surface area contributed by atoms with Crippen molar-refractivity contribution in [2.45, 2.75) is 18.1 Å². The molecule has 0 aliphatic carbocycles. The van der Waals surface area contributed by atoms with Crippen molar-refractivity contribution >= 4 is 0 Å². The smallest absolute Gasteiger partial charge is 0.121 e. The number of aliphatic hydroxyl groups excluding tert-OH is 2. The van der Waals surface area contributed by atoms with Crippen molar-refractivity contribution in [3.05, 3.63) is 126 Å². The van der Waals surface area contributed by atoms with Crippen molar-refractivity contribution in [2.75, 3.05) is 6.61 Å². The van der Waals surface area contributed by atoms with E-state index in [9.17, 15) is 10.2 Å². The monoisotopic (exact) mass is 384 g/mol. The van der Waals surface area contributed by atoms with E-state index in [2.05, 4.69) is 45.9 Å². The van der Waals surface area contributed by atoms with Gasteiger partial charge in [0.2, 0.25) is 0 Å². The first kappa shape index (κ1) is 19.1. The standard InChI is InChI=1S/C25H24N2O2/c28-17-16-24(29)23-18-27(19-26-23)25(20-10-4-1-5-11-20,21-12-6-2-7-13-21)22-14-8-3-9-15-22/h1-15,18-19,24,28-29H,16-17H2/t24-/m1/s1. The average Bonchev–Trinajstić information content (AvgIpc) is 3.27. The fourth-order valence-corrected chi connectivity index (χ4v) is 3.95. The summed E-state index contributed by atoms with van der Waals surface area (Å²) >= 11 is 0. The van der Waals surface area contributed by atoms with Crippen LogP contribution in [0.3, 0.4) is 0 Å². The van der Waals surface area contributed by atoms with Gasteiger partial charge in [-0.05, 0) is 16.7 Å². The fourth-order valence-electron chi connectivity index (χ4n) is 3.95. The lowest BCUT2D eigenvalue weighted by Crippen LogP contribution is -2.37. The molecule has 1 heterocycles. The second-order valence-corrected chi connectivity index (χ2v) is 7.04. The number of imidazole rings is 1. The topological polar surface area (TPSA) is 58.3 Å². The Hall–Kier alpha value is -3.21. The highest BCUT2D eigenvalue weighted by atomic mass is 16.3. The number of nitrogens with zero attached hydrogens (tertiary/aromatic N) is 2. The Morgan fingerprint density at radius 3 is 1.62 bits per heavy atom. The minimum absolute atomic E-state index is 0.0881. The van der Waals surface area contributed by atoms with Crippen molar-refractivity contribution in [3.8, 4) is 0 Å². The van der Waals surface area contributed by atoms with E-state index < -0.39 is 11.6 Å². The van der Waals surface area contributed by atoms with E-state index in [1.54, 1.807) is 6.33 Å². The second-order valence-electron chi connectivity index (χ2n) is 7.04. The molecule has 0 unspecified atom stereocenters. The number of aliphatic hydroxyl groups is 2. The Morgan fingerprint density at radius 2 is 1.21 bits per heavy atom. The van der Waals surface area contributed by atoms with Gasteiger partial charge in [-0.25, -0.2) is 4.98 Å². The van der Waals surface area contributed by atoms with Crippen LogP contribution in [-0.2, 0) is 5.54 Å². The Kier molecular flexibility index (Phi) is 5.56. The lowest BCUT2D eigenvalue weighted by molar-refractivity contribution is 0.131. The zero-order chi connectivity index (χ0) is 20.1. The molecule has 4 heteroatoms. The highest BCUT2D eigenvalue weighted by molar-refractivity contribution is 5.50. The highest BCUT2D eigenvalue weighted by Gasteiger charge is 2.38. The highest BCUT2D eigenvalue weighted by Crippen LogP contribution is 2.41. The van der Waals surface area contributed by atoms with Crippen LogP contribution in [0.2, 0.25) is 0 Å². The van der Waals surface area contributed by atoms with Crippen molar-refractivity contribution in [3.63, 3.8) is 0 Å². The van der Waals surface area contributed by atoms with Gasteiger partial charge in [-0.1, -0.05) is 91.0 Å². The first-order valence-electron chi connectivity index (χ1n) is 9.76. The van der Waals surface area contributed by atoms with E-state index in [0.29, 0.717) is 5.69 Å². The van der Waals surface area contributed by atoms with E-state index in [4.69, 9.17) is 0 Å². The minimum Gasteiger partial charge on any atom is -0.396 e. The van der Waals surface area contributed by atoms with Crippen molar-refractivity contribution in [2.24, 2.45) is 0 Å². The maximum absolute atomic E-state index is 10.4. The fraction of sp³-hybridized carbons (Fsp3) is 0.160. The average molecular weight is 384 g/mol. The molecule has 0 spiro atoms. The maximum atomic E-state index is 10.4.